The van der Waals surface area contributed by atoms with Gasteiger partial charge in [0.1, 0.15) is 17.4 Å². The second-order valence-corrected chi connectivity index (χ2v) is 3.35. The molecule has 0 saturated heterocycles. The first-order valence-electron chi connectivity index (χ1n) is 4.61. The van der Waals surface area contributed by atoms with Crippen LogP contribution in [0.4, 0.5) is 0 Å². The molecule has 1 aromatic carbocycles. The molecule has 5 heteroatoms. The van der Waals surface area contributed by atoms with E-state index >= 15 is 0 Å². The van der Waals surface area contributed by atoms with Crippen LogP contribution in [0.1, 0.15) is 10.4 Å². The summed E-state index contributed by atoms with van der Waals surface area (Å²) in [5.74, 6) is -0.967. The van der Waals surface area contributed by atoms with Crippen molar-refractivity contribution in [2.45, 2.75) is 0 Å². The average Bonchev–Trinajstić information content (AvgIpc) is 2.66. The fourth-order valence-electron chi connectivity index (χ4n) is 1.65. The lowest BCUT2D eigenvalue weighted by Gasteiger charge is -1.92. The van der Waals surface area contributed by atoms with Gasteiger partial charge in [0.15, 0.2) is 5.58 Å². The van der Waals surface area contributed by atoms with Crippen LogP contribution in [-0.2, 0) is 0 Å². The summed E-state index contributed by atoms with van der Waals surface area (Å²) < 4.78 is 5.47. The summed E-state index contributed by atoms with van der Waals surface area (Å²) in [6.45, 7) is 0. The molecule has 0 radical (unpaired) electrons. The molecular weight excluding hydrogens is 208 g/mol. The number of carboxylic acid groups (broad SMARTS) is 1. The number of hydrogen-bond donors (Lipinski definition) is 1. The molecule has 2 aromatic heterocycles. The Hall–Kier alpha value is -2.43. The second-order valence-electron chi connectivity index (χ2n) is 3.35. The summed E-state index contributed by atoms with van der Waals surface area (Å²) in [7, 11) is 0. The van der Waals surface area contributed by atoms with E-state index in [0.29, 0.717) is 22.1 Å². The summed E-state index contributed by atoms with van der Waals surface area (Å²) in [6, 6.07) is 4.68. The molecule has 2 heterocycles. The van der Waals surface area contributed by atoms with Gasteiger partial charge in [0, 0.05) is 5.39 Å². The van der Waals surface area contributed by atoms with Crippen LogP contribution >= 0.6 is 0 Å². The maximum absolute atomic E-state index is 10.8. The third-order valence-electron chi connectivity index (χ3n) is 2.38. The predicted octanol–water partition coefficient (Wildman–Crippen LogP) is 2.07. The lowest BCUT2D eigenvalue weighted by Crippen LogP contribution is -1.94. The predicted molar refractivity (Wildman–Crippen MR) is 56.3 cm³/mol. The summed E-state index contributed by atoms with van der Waals surface area (Å²) in [6.07, 6.45) is 2.97. The first-order valence-corrected chi connectivity index (χ1v) is 4.61. The van der Waals surface area contributed by atoms with Crippen molar-refractivity contribution in [2.24, 2.45) is 0 Å². The smallest absolute Gasteiger partial charge is 0.335 e. The minimum absolute atomic E-state index is 0.216. The van der Waals surface area contributed by atoms with Crippen molar-refractivity contribution in [3.8, 4) is 0 Å². The number of hydrogen-bond acceptors (Lipinski definition) is 4. The van der Waals surface area contributed by atoms with Crippen molar-refractivity contribution in [1.29, 1.82) is 0 Å². The minimum atomic E-state index is -0.967. The highest BCUT2D eigenvalue weighted by atomic mass is 16.4. The van der Waals surface area contributed by atoms with Gasteiger partial charge in [-0.3, -0.25) is 0 Å². The quantitative estimate of drug-likeness (QED) is 0.671. The van der Waals surface area contributed by atoms with E-state index in [2.05, 4.69) is 9.97 Å². The van der Waals surface area contributed by atoms with Gasteiger partial charge in [-0.1, -0.05) is 0 Å². The molecule has 0 amide bonds. The first-order chi connectivity index (χ1) is 7.75. The van der Waals surface area contributed by atoms with Crippen LogP contribution in [0.25, 0.3) is 22.1 Å². The van der Waals surface area contributed by atoms with Gasteiger partial charge >= 0.3 is 5.97 Å². The molecule has 0 aliphatic heterocycles. The largest absolute Gasteiger partial charge is 0.478 e. The van der Waals surface area contributed by atoms with E-state index in [1.807, 2.05) is 0 Å². The van der Waals surface area contributed by atoms with Crippen molar-refractivity contribution >= 4 is 28.0 Å². The molecule has 78 valence electrons. The van der Waals surface area contributed by atoms with Crippen LogP contribution in [0.3, 0.4) is 0 Å². The molecule has 0 fully saturated rings. The zero-order chi connectivity index (χ0) is 11.1. The van der Waals surface area contributed by atoms with Crippen LogP contribution in [0.15, 0.2) is 35.1 Å². The van der Waals surface area contributed by atoms with Gasteiger partial charge in [-0.05, 0) is 18.2 Å². The number of aromatic nitrogens is 2. The van der Waals surface area contributed by atoms with Crippen LogP contribution in [0.5, 0.6) is 0 Å². The highest BCUT2D eigenvalue weighted by Crippen LogP contribution is 2.26. The Morgan fingerprint density at radius 1 is 1.31 bits per heavy atom. The highest BCUT2D eigenvalue weighted by molar-refractivity contribution is 6.04. The molecule has 0 bridgehead atoms. The second kappa shape index (κ2) is 3.03. The number of nitrogens with zero attached hydrogens (tertiary/aromatic N) is 2. The lowest BCUT2D eigenvalue weighted by atomic mass is 10.1. The van der Waals surface area contributed by atoms with Gasteiger partial charge in [0.2, 0.25) is 0 Å². The fourth-order valence-corrected chi connectivity index (χ4v) is 1.65. The molecule has 0 atom stereocenters. The summed E-state index contributed by atoms with van der Waals surface area (Å²) in [4.78, 5) is 18.8. The number of rotatable bonds is 1. The normalized spacial score (nSPS) is 11.0. The Morgan fingerprint density at radius 3 is 3.00 bits per heavy atom. The van der Waals surface area contributed by atoms with E-state index in [4.69, 9.17) is 9.52 Å². The molecule has 5 nitrogen and oxygen atoms in total. The van der Waals surface area contributed by atoms with Crippen molar-refractivity contribution in [3.63, 3.8) is 0 Å². The third-order valence-corrected chi connectivity index (χ3v) is 2.38. The number of furan rings is 1. The number of aromatic carboxylic acids is 1. The van der Waals surface area contributed by atoms with E-state index in [1.54, 1.807) is 18.3 Å². The van der Waals surface area contributed by atoms with Gasteiger partial charge in [0.05, 0.1) is 11.8 Å². The summed E-state index contributed by atoms with van der Waals surface area (Å²) in [5.41, 5.74) is 2.02. The van der Waals surface area contributed by atoms with E-state index in [1.165, 1.54) is 12.4 Å². The van der Waals surface area contributed by atoms with Gasteiger partial charge in [0.25, 0.3) is 0 Å². The number of carbonyl (C=O) groups is 1. The van der Waals surface area contributed by atoms with Gasteiger partial charge in [-0.2, -0.15) is 0 Å². The zero-order valence-corrected chi connectivity index (χ0v) is 8.04. The number of benzene rings is 1. The Labute approximate surface area is 89.3 Å². The summed E-state index contributed by atoms with van der Waals surface area (Å²) in [5, 5.41) is 9.58. The van der Waals surface area contributed by atoms with E-state index < -0.39 is 5.97 Å². The molecule has 1 N–H and O–H groups in total. The maximum atomic E-state index is 10.8. The monoisotopic (exact) mass is 214 g/mol. The summed E-state index contributed by atoms with van der Waals surface area (Å²) >= 11 is 0. The standard InChI is InChI=1S/C11H6N2O3/c14-11(15)6-1-2-8-7(3-6)10-9(16-8)4-12-5-13-10/h1-5H,(H,14,15). The van der Waals surface area contributed by atoms with Crippen LogP contribution in [0.2, 0.25) is 0 Å². The SMILES string of the molecule is O=C(O)c1ccc2oc3cncnc3c2c1. The topological polar surface area (TPSA) is 76.2 Å². The minimum Gasteiger partial charge on any atom is -0.478 e. The molecule has 0 aliphatic rings. The maximum Gasteiger partial charge on any atom is 0.335 e. The fraction of sp³-hybridized carbons (Fsp3) is 0. The Morgan fingerprint density at radius 2 is 2.19 bits per heavy atom. The zero-order valence-electron chi connectivity index (χ0n) is 8.04. The molecule has 0 unspecified atom stereocenters. The van der Waals surface area contributed by atoms with E-state index in [0.717, 1.165) is 0 Å². The Bertz CT molecular complexity index is 703. The van der Waals surface area contributed by atoms with E-state index in [9.17, 15) is 4.79 Å². The van der Waals surface area contributed by atoms with Crippen molar-refractivity contribution < 1.29 is 14.3 Å². The Balaban J connectivity index is 2.44. The van der Waals surface area contributed by atoms with Gasteiger partial charge in [-0.25, -0.2) is 14.8 Å². The highest BCUT2D eigenvalue weighted by Gasteiger charge is 2.10. The van der Waals surface area contributed by atoms with Gasteiger partial charge < -0.3 is 9.52 Å². The van der Waals surface area contributed by atoms with Crippen LogP contribution in [0, 0.1) is 0 Å². The first kappa shape index (κ1) is 8.84. The number of fused-ring (bicyclic) bond motifs is 3. The molecule has 0 aliphatic carbocycles. The molecule has 0 saturated carbocycles. The van der Waals surface area contributed by atoms with Crippen molar-refractivity contribution in [2.75, 3.05) is 0 Å². The molecule has 16 heavy (non-hydrogen) atoms. The third kappa shape index (κ3) is 1.15. The van der Waals surface area contributed by atoms with Crippen molar-refractivity contribution in [3.05, 3.63) is 36.3 Å². The average molecular weight is 214 g/mol. The van der Waals surface area contributed by atoms with Crippen molar-refractivity contribution in [1.82, 2.24) is 9.97 Å². The molecule has 3 rings (SSSR count). The number of carboxylic acids is 1. The Kier molecular flexibility index (Phi) is 1.67. The van der Waals surface area contributed by atoms with E-state index in [-0.39, 0.29) is 5.56 Å². The molecule has 0 spiro atoms. The lowest BCUT2D eigenvalue weighted by molar-refractivity contribution is 0.0697. The molecular formula is C11H6N2O3. The van der Waals surface area contributed by atoms with Crippen LogP contribution < -0.4 is 0 Å². The molecule has 3 aromatic rings. The van der Waals surface area contributed by atoms with Gasteiger partial charge in [-0.15, -0.1) is 0 Å². The van der Waals surface area contributed by atoms with Crippen LogP contribution in [-0.4, -0.2) is 21.0 Å².